The third-order valence-corrected chi connectivity index (χ3v) is 3.95. The molecule has 0 fully saturated rings. The largest absolute Gasteiger partial charge is 0.481 e. The predicted octanol–water partition coefficient (Wildman–Crippen LogP) is 3.70. The average molecular weight is 346 g/mol. The molecule has 8 heteroatoms. The van der Waals surface area contributed by atoms with Crippen molar-refractivity contribution in [2.24, 2.45) is 0 Å². The van der Waals surface area contributed by atoms with Crippen molar-refractivity contribution in [3.63, 3.8) is 0 Å². The third kappa shape index (κ3) is 4.12. The summed E-state index contributed by atoms with van der Waals surface area (Å²) in [4.78, 5) is 10.7. The molecule has 0 unspecified atom stereocenters. The Labute approximate surface area is 136 Å². The standard InChI is InChI=1S/C13H13Cl2N3O2S/c1-2-3-11-16-17-13(21-7-12(19)20)18(11)10-5-8(14)4-9(15)6-10/h4-6H,2-3,7H2,1H3,(H,19,20). The molecule has 0 saturated carbocycles. The van der Waals surface area contributed by atoms with Crippen molar-refractivity contribution in [1.82, 2.24) is 14.8 Å². The highest BCUT2D eigenvalue weighted by Gasteiger charge is 2.16. The molecule has 1 N–H and O–H groups in total. The van der Waals surface area contributed by atoms with Crippen LogP contribution >= 0.6 is 35.0 Å². The number of halogens is 2. The number of carbonyl (C=O) groups is 1. The van der Waals surface area contributed by atoms with Crippen LogP contribution in [0.25, 0.3) is 5.69 Å². The Balaban J connectivity index is 2.46. The van der Waals surface area contributed by atoms with Gasteiger partial charge in [-0.25, -0.2) is 0 Å². The van der Waals surface area contributed by atoms with E-state index in [0.717, 1.165) is 36.1 Å². The molecule has 0 aliphatic rings. The lowest BCUT2D eigenvalue weighted by molar-refractivity contribution is -0.133. The summed E-state index contributed by atoms with van der Waals surface area (Å²) in [7, 11) is 0. The number of aryl methyl sites for hydroxylation is 1. The number of aromatic nitrogens is 3. The van der Waals surface area contributed by atoms with Gasteiger partial charge in [-0.2, -0.15) is 0 Å². The minimum atomic E-state index is -0.907. The average Bonchev–Trinajstić information content (AvgIpc) is 2.78. The summed E-state index contributed by atoms with van der Waals surface area (Å²) in [6, 6.07) is 5.14. The Morgan fingerprint density at radius 3 is 2.52 bits per heavy atom. The van der Waals surface area contributed by atoms with Crippen LogP contribution in [0.4, 0.5) is 0 Å². The zero-order chi connectivity index (χ0) is 15.4. The summed E-state index contributed by atoms with van der Waals surface area (Å²) in [6.07, 6.45) is 1.63. The van der Waals surface area contributed by atoms with E-state index in [4.69, 9.17) is 28.3 Å². The third-order valence-electron chi connectivity index (χ3n) is 2.60. The second-order valence-electron chi connectivity index (χ2n) is 4.29. The van der Waals surface area contributed by atoms with Gasteiger partial charge in [-0.1, -0.05) is 41.9 Å². The zero-order valence-electron chi connectivity index (χ0n) is 11.2. The Hall–Kier alpha value is -1.24. The van der Waals surface area contributed by atoms with E-state index in [9.17, 15) is 4.79 Å². The maximum Gasteiger partial charge on any atom is 0.313 e. The molecule has 0 saturated heterocycles. The van der Waals surface area contributed by atoms with Crippen LogP contribution in [0.15, 0.2) is 23.4 Å². The van der Waals surface area contributed by atoms with Crippen molar-refractivity contribution < 1.29 is 9.90 Å². The summed E-state index contributed by atoms with van der Waals surface area (Å²) in [5.41, 5.74) is 0.730. The van der Waals surface area contributed by atoms with Crippen LogP contribution in [0, 0.1) is 0 Å². The van der Waals surface area contributed by atoms with Crippen LogP contribution in [-0.4, -0.2) is 31.6 Å². The van der Waals surface area contributed by atoms with Gasteiger partial charge in [0.05, 0.1) is 11.4 Å². The summed E-state index contributed by atoms with van der Waals surface area (Å²) >= 11 is 13.2. The van der Waals surface area contributed by atoms with Crippen molar-refractivity contribution >= 4 is 40.9 Å². The first kappa shape index (κ1) is 16.1. The summed E-state index contributed by atoms with van der Waals surface area (Å²) < 4.78 is 1.80. The molecule has 1 heterocycles. The van der Waals surface area contributed by atoms with Gasteiger partial charge in [-0.3, -0.25) is 9.36 Å². The molecule has 21 heavy (non-hydrogen) atoms. The monoisotopic (exact) mass is 345 g/mol. The molecule has 0 radical (unpaired) electrons. The molecular weight excluding hydrogens is 333 g/mol. The molecule has 0 atom stereocenters. The van der Waals surface area contributed by atoms with Gasteiger partial charge in [-0.15, -0.1) is 10.2 Å². The minimum absolute atomic E-state index is 0.0848. The molecule has 5 nitrogen and oxygen atoms in total. The first-order valence-corrected chi connectivity index (χ1v) is 8.00. The quantitative estimate of drug-likeness (QED) is 0.808. The number of hydrogen-bond acceptors (Lipinski definition) is 4. The van der Waals surface area contributed by atoms with Gasteiger partial charge < -0.3 is 5.11 Å². The summed E-state index contributed by atoms with van der Waals surface area (Å²) in [5.74, 6) is -0.238. The van der Waals surface area contributed by atoms with Crippen LogP contribution < -0.4 is 0 Å². The Kier molecular flexibility index (Phi) is 5.50. The van der Waals surface area contributed by atoms with E-state index in [0.29, 0.717) is 15.2 Å². The second-order valence-corrected chi connectivity index (χ2v) is 6.11. The van der Waals surface area contributed by atoms with Gasteiger partial charge in [0.15, 0.2) is 5.16 Å². The number of thioether (sulfide) groups is 1. The maximum absolute atomic E-state index is 10.7. The SMILES string of the molecule is CCCc1nnc(SCC(=O)O)n1-c1cc(Cl)cc(Cl)c1. The molecule has 0 bridgehead atoms. The van der Waals surface area contributed by atoms with E-state index in [1.54, 1.807) is 22.8 Å². The van der Waals surface area contributed by atoms with E-state index >= 15 is 0 Å². The highest BCUT2D eigenvalue weighted by Crippen LogP contribution is 2.27. The molecule has 1 aromatic carbocycles. The maximum atomic E-state index is 10.7. The molecule has 2 aromatic rings. The Bertz CT molecular complexity index is 641. The lowest BCUT2D eigenvalue weighted by atomic mass is 10.3. The van der Waals surface area contributed by atoms with E-state index in [1.807, 2.05) is 6.92 Å². The first-order valence-electron chi connectivity index (χ1n) is 6.26. The fraction of sp³-hybridized carbons (Fsp3) is 0.308. The Morgan fingerprint density at radius 2 is 1.95 bits per heavy atom. The van der Waals surface area contributed by atoms with Crippen LogP contribution in [0.2, 0.25) is 10.0 Å². The number of hydrogen-bond donors (Lipinski definition) is 1. The molecule has 0 spiro atoms. The summed E-state index contributed by atoms with van der Waals surface area (Å²) in [5, 5.41) is 18.5. The number of carboxylic acid groups (broad SMARTS) is 1. The van der Waals surface area contributed by atoms with Crippen LogP contribution in [0.1, 0.15) is 19.2 Å². The van der Waals surface area contributed by atoms with E-state index in [2.05, 4.69) is 10.2 Å². The number of benzene rings is 1. The summed E-state index contributed by atoms with van der Waals surface area (Å²) in [6.45, 7) is 2.04. The van der Waals surface area contributed by atoms with Crippen LogP contribution in [-0.2, 0) is 11.2 Å². The highest BCUT2D eigenvalue weighted by molar-refractivity contribution is 7.99. The lowest BCUT2D eigenvalue weighted by Gasteiger charge is -2.10. The molecule has 112 valence electrons. The van der Waals surface area contributed by atoms with E-state index in [1.165, 1.54) is 0 Å². The fourth-order valence-corrected chi connectivity index (χ4v) is 3.04. The van der Waals surface area contributed by atoms with Gasteiger partial charge >= 0.3 is 5.97 Å². The fourth-order valence-electron chi connectivity index (χ4n) is 1.83. The molecule has 0 aliphatic carbocycles. The molecule has 1 aromatic heterocycles. The predicted molar refractivity (Wildman–Crippen MR) is 83.7 cm³/mol. The van der Waals surface area contributed by atoms with Gasteiger partial charge in [0, 0.05) is 16.5 Å². The van der Waals surface area contributed by atoms with E-state index < -0.39 is 5.97 Å². The van der Waals surface area contributed by atoms with E-state index in [-0.39, 0.29) is 5.75 Å². The Morgan fingerprint density at radius 1 is 1.29 bits per heavy atom. The molecule has 0 aliphatic heterocycles. The second kappa shape index (κ2) is 7.15. The van der Waals surface area contributed by atoms with Crippen molar-refractivity contribution in [1.29, 1.82) is 0 Å². The molecule has 0 amide bonds. The zero-order valence-corrected chi connectivity index (χ0v) is 13.5. The molecule has 2 rings (SSSR count). The normalized spacial score (nSPS) is 10.8. The van der Waals surface area contributed by atoms with Crippen LogP contribution in [0.5, 0.6) is 0 Å². The lowest BCUT2D eigenvalue weighted by Crippen LogP contribution is -2.05. The highest BCUT2D eigenvalue weighted by atomic mass is 35.5. The van der Waals surface area contributed by atoms with Gasteiger partial charge in [-0.05, 0) is 24.6 Å². The van der Waals surface area contributed by atoms with Crippen molar-refractivity contribution in [2.75, 3.05) is 5.75 Å². The topological polar surface area (TPSA) is 68.0 Å². The van der Waals surface area contributed by atoms with Crippen molar-refractivity contribution in [3.8, 4) is 5.69 Å². The molecular formula is C13H13Cl2N3O2S. The number of carboxylic acids is 1. The van der Waals surface area contributed by atoms with Gasteiger partial charge in [0.1, 0.15) is 5.82 Å². The van der Waals surface area contributed by atoms with Crippen LogP contribution in [0.3, 0.4) is 0 Å². The first-order chi connectivity index (χ1) is 10.0. The minimum Gasteiger partial charge on any atom is -0.481 e. The number of nitrogens with zero attached hydrogens (tertiary/aromatic N) is 3. The smallest absolute Gasteiger partial charge is 0.313 e. The van der Waals surface area contributed by atoms with Gasteiger partial charge in [0.2, 0.25) is 0 Å². The number of aliphatic carboxylic acids is 1. The van der Waals surface area contributed by atoms with Gasteiger partial charge in [0.25, 0.3) is 0 Å². The number of rotatable bonds is 6. The van der Waals surface area contributed by atoms with Crippen molar-refractivity contribution in [3.05, 3.63) is 34.1 Å². The van der Waals surface area contributed by atoms with Crippen molar-refractivity contribution in [2.45, 2.75) is 24.9 Å².